The third-order valence-corrected chi connectivity index (χ3v) is 5.67. The molecule has 1 N–H and O–H groups in total. The minimum absolute atomic E-state index is 0.0328. The molecule has 0 spiro atoms. The van der Waals surface area contributed by atoms with Gasteiger partial charge in [-0.1, -0.05) is 30.3 Å². The number of aromatic nitrogens is 3. The fraction of sp³-hybridized carbons (Fsp3) is 0.429. The molecule has 1 saturated heterocycles. The quantitative estimate of drug-likeness (QED) is 0.890. The minimum Gasteiger partial charge on any atom is -0.380 e. The predicted octanol–water partition coefficient (Wildman–Crippen LogP) is 1.10. The molecule has 0 radical (unpaired) electrons. The molecule has 2 atom stereocenters. The molecule has 1 aliphatic rings. The lowest BCUT2D eigenvalue weighted by Crippen LogP contribution is -2.33. The van der Waals surface area contributed by atoms with Gasteiger partial charge in [0.2, 0.25) is 10.0 Å². The van der Waals surface area contributed by atoms with Crippen LogP contribution in [0, 0.1) is 0 Å². The largest absolute Gasteiger partial charge is 0.380 e. The van der Waals surface area contributed by atoms with Crippen LogP contribution in [-0.2, 0) is 20.5 Å². The highest BCUT2D eigenvalue weighted by Gasteiger charge is 2.41. The van der Waals surface area contributed by atoms with Crippen LogP contribution in [0.15, 0.2) is 36.7 Å². The first-order valence-corrected chi connectivity index (χ1v) is 8.62. The van der Waals surface area contributed by atoms with Crippen molar-refractivity contribution in [3.63, 3.8) is 0 Å². The Morgan fingerprint density at radius 2 is 2.14 bits per heavy atom. The number of hydrogen-bond donors (Lipinski definition) is 1. The Hall–Kier alpha value is -1.77. The molecule has 1 aromatic heterocycles. The summed E-state index contributed by atoms with van der Waals surface area (Å²) in [7, 11) is -1.87. The summed E-state index contributed by atoms with van der Waals surface area (Å²) in [6.45, 7) is 0.330. The van der Waals surface area contributed by atoms with Crippen LogP contribution in [0.3, 0.4) is 0 Å². The zero-order valence-corrected chi connectivity index (χ0v) is 13.0. The molecule has 8 heteroatoms. The van der Waals surface area contributed by atoms with Crippen molar-refractivity contribution in [2.75, 3.05) is 13.7 Å². The van der Waals surface area contributed by atoms with Crippen molar-refractivity contribution in [1.29, 1.82) is 0 Å². The number of ether oxygens (including phenoxy) is 1. The highest BCUT2D eigenvalue weighted by molar-refractivity contribution is 7.88. The molecule has 2 aromatic rings. The third kappa shape index (κ3) is 3.03. The molecule has 0 unspecified atom stereocenters. The second-order valence-corrected chi connectivity index (χ2v) is 7.21. The average Bonchev–Trinajstić information content (AvgIpc) is 3.17. The van der Waals surface area contributed by atoms with E-state index in [1.165, 1.54) is 10.6 Å². The van der Waals surface area contributed by atoms with Gasteiger partial charge in [0.05, 0.1) is 17.9 Å². The summed E-state index contributed by atoms with van der Waals surface area (Å²) >= 11 is 0. The van der Waals surface area contributed by atoms with Gasteiger partial charge < -0.3 is 4.74 Å². The van der Waals surface area contributed by atoms with E-state index in [4.69, 9.17) is 4.74 Å². The smallest absolute Gasteiger partial charge is 0.219 e. The van der Waals surface area contributed by atoms with Crippen LogP contribution in [-0.4, -0.2) is 47.7 Å². The number of methoxy groups -OCH3 is 1. The van der Waals surface area contributed by atoms with Crippen molar-refractivity contribution in [1.82, 2.24) is 19.5 Å². The third-order valence-electron chi connectivity index (χ3n) is 3.85. The van der Waals surface area contributed by atoms with Crippen LogP contribution in [0.5, 0.6) is 0 Å². The van der Waals surface area contributed by atoms with Crippen LogP contribution >= 0.6 is 0 Å². The van der Waals surface area contributed by atoms with Gasteiger partial charge in [0.1, 0.15) is 12.2 Å². The lowest BCUT2D eigenvalue weighted by Gasteiger charge is -2.22. The maximum atomic E-state index is 12.8. The summed E-state index contributed by atoms with van der Waals surface area (Å²) in [6, 6.07) is 8.79. The molecule has 118 valence electrons. The fourth-order valence-electron chi connectivity index (χ4n) is 2.74. The van der Waals surface area contributed by atoms with Crippen molar-refractivity contribution >= 4 is 10.0 Å². The van der Waals surface area contributed by atoms with Crippen LogP contribution < -0.4 is 0 Å². The van der Waals surface area contributed by atoms with Crippen LogP contribution in [0.1, 0.15) is 23.9 Å². The molecule has 0 bridgehead atoms. The lowest BCUT2D eigenvalue weighted by atomic mass is 10.2. The van der Waals surface area contributed by atoms with Crippen molar-refractivity contribution in [3.8, 4) is 0 Å². The van der Waals surface area contributed by atoms with Gasteiger partial charge in [-0.3, -0.25) is 5.10 Å². The monoisotopic (exact) mass is 322 g/mol. The second kappa shape index (κ2) is 6.15. The maximum Gasteiger partial charge on any atom is 0.219 e. The van der Waals surface area contributed by atoms with Gasteiger partial charge in [0.15, 0.2) is 0 Å². The highest BCUT2D eigenvalue weighted by atomic mass is 32.2. The SMILES string of the molecule is CO[C@@H]1C[C@@H](c2ncn[nH]2)N(S(=O)(=O)Cc2ccccc2)C1. The highest BCUT2D eigenvalue weighted by Crippen LogP contribution is 2.34. The van der Waals surface area contributed by atoms with E-state index in [9.17, 15) is 8.42 Å². The Balaban J connectivity index is 1.87. The minimum atomic E-state index is -3.47. The zero-order chi connectivity index (χ0) is 15.6. The molecule has 22 heavy (non-hydrogen) atoms. The van der Waals surface area contributed by atoms with Gasteiger partial charge in [-0.05, 0) is 12.0 Å². The topological polar surface area (TPSA) is 88.2 Å². The van der Waals surface area contributed by atoms with E-state index in [1.807, 2.05) is 30.3 Å². The molecule has 3 rings (SSSR count). The van der Waals surface area contributed by atoms with Gasteiger partial charge >= 0.3 is 0 Å². The molecule has 1 fully saturated rings. The summed E-state index contributed by atoms with van der Waals surface area (Å²) in [6.07, 6.45) is 1.82. The van der Waals surface area contributed by atoms with Gasteiger partial charge in [0, 0.05) is 13.7 Å². The predicted molar refractivity (Wildman–Crippen MR) is 80.3 cm³/mol. The summed E-state index contributed by atoms with van der Waals surface area (Å²) in [5.41, 5.74) is 0.764. The lowest BCUT2D eigenvalue weighted by molar-refractivity contribution is 0.114. The molecule has 7 nitrogen and oxygen atoms in total. The van der Waals surface area contributed by atoms with E-state index in [2.05, 4.69) is 15.2 Å². The number of aromatic amines is 1. The Labute approximate surface area is 129 Å². The van der Waals surface area contributed by atoms with E-state index < -0.39 is 10.0 Å². The first-order chi connectivity index (χ1) is 10.6. The Morgan fingerprint density at radius 3 is 2.77 bits per heavy atom. The van der Waals surface area contributed by atoms with Gasteiger partial charge in [0.25, 0.3) is 0 Å². The molecule has 0 saturated carbocycles. The van der Waals surface area contributed by atoms with E-state index >= 15 is 0 Å². The normalized spacial score (nSPS) is 23.0. The molecule has 2 heterocycles. The zero-order valence-electron chi connectivity index (χ0n) is 12.2. The summed E-state index contributed by atoms with van der Waals surface area (Å²) < 4.78 is 32.4. The first-order valence-electron chi connectivity index (χ1n) is 7.01. The van der Waals surface area contributed by atoms with Crippen LogP contribution in [0.4, 0.5) is 0 Å². The molecular formula is C14H18N4O3S. The number of rotatable bonds is 5. The van der Waals surface area contributed by atoms with Crippen LogP contribution in [0.2, 0.25) is 0 Å². The van der Waals surface area contributed by atoms with E-state index in [0.717, 1.165) is 5.56 Å². The number of H-pyrrole nitrogens is 1. The van der Waals surface area contributed by atoms with Crippen molar-refractivity contribution in [3.05, 3.63) is 48.0 Å². The molecular weight excluding hydrogens is 304 g/mol. The molecule has 0 amide bonds. The number of hydrogen-bond acceptors (Lipinski definition) is 5. The van der Waals surface area contributed by atoms with Crippen molar-refractivity contribution < 1.29 is 13.2 Å². The average molecular weight is 322 g/mol. The number of nitrogens with zero attached hydrogens (tertiary/aromatic N) is 3. The molecule has 1 aliphatic heterocycles. The Morgan fingerprint density at radius 1 is 1.36 bits per heavy atom. The number of sulfonamides is 1. The maximum absolute atomic E-state index is 12.8. The number of benzene rings is 1. The van der Waals surface area contributed by atoms with Crippen LogP contribution in [0.25, 0.3) is 0 Å². The molecule has 0 aliphatic carbocycles. The summed E-state index contributed by atoms with van der Waals surface area (Å²) in [5.74, 6) is 0.519. The second-order valence-electron chi connectivity index (χ2n) is 5.29. The summed E-state index contributed by atoms with van der Waals surface area (Å²) in [5, 5.41) is 6.59. The van der Waals surface area contributed by atoms with Crippen molar-refractivity contribution in [2.45, 2.75) is 24.3 Å². The molecule has 1 aromatic carbocycles. The van der Waals surface area contributed by atoms with E-state index in [1.54, 1.807) is 7.11 Å². The van der Waals surface area contributed by atoms with Gasteiger partial charge in [-0.15, -0.1) is 0 Å². The Bertz CT molecular complexity index is 703. The van der Waals surface area contributed by atoms with Gasteiger partial charge in [-0.25, -0.2) is 13.4 Å². The van der Waals surface area contributed by atoms with Gasteiger partial charge in [-0.2, -0.15) is 9.40 Å². The standard InChI is InChI=1S/C14H18N4O3S/c1-21-12-7-13(14-15-10-16-17-14)18(8-12)22(19,20)9-11-5-3-2-4-6-11/h2-6,10,12-13H,7-9H2,1H3,(H,15,16,17)/t12-,13+/m1/s1. The van der Waals surface area contributed by atoms with E-state index in [-0.39, 0.29) is 17.9 Å². The number of nitrogens with one attached hydrogen (secondary N) is 1. The van der Waals surface area contributed by atoms with Crippen molar-refractivity contribution in [2.24, 2.45) is 0 Å². The first kappa shape index (κ1) is 15.1. The Kier molecular flexibility index (Phi) is 4.23. The fourth-order valence-corrected chi connectivity index (χ4v) is 4.49. The van der Waals surface area contributed by atoms with E-state index in [0.29, 0.717) is 18.8 Å². The summed E-state index contributed by atoms with van der Waals surface area (Å²) in [4.78, 5) is 4.11.